The van der Waals surface area contributed by atoms with E-state index < -0.39 is 0 Å². The quantitative estimate of drug-likeness (QED) is 0.852. The minimum absolute atomic E-state index is 0.0333. The predicted octanol–water partition coefficient (Wildman–Crippen LogP) is 3.13. The molecule has 0 fully saturated rings. The largest absolute Gasteiger partial charge is 0.384 e. The normalized spacial score (nSPS) is 12.1. The highest BCUT2D eigenvalue weighted by Gasteiger charge is 2.24. The SMILES string of the molecule is CCCc1nc(C(C)(C)C)c(N)n1CCC. The van der Waals surface area contributed by atoms with Crippen molar-refractivity contribution in [3.05, 3.63) is 11.5 Å². The molecule has 2 N–H and O–H groups in total. The molecule has 0 aromatic carbocycles. The maximum atomic E-state index is 6.21. The molecule has 16 heavy (non-hydrogen) atoms. The molecule has 0 radical (unpaired) electrons. The topological polar surface area (TPSA) is 43.8 Å². The van der Waals surface area contributed by atoms with Gasteiger partial charge >= 0.3 is 0 Å². The number of imidazole rings is 1. The van der Waals surface area contributed by atoms with Crippen molar-refractivity contribution in [3.63, 3.8) is 0 Å². The first-order valence-corrected chi connectivity index (χ1v) is 6.27. The number of hydrogen-bond acceptors (Lipinski definition) is 2. The molecule has 1 heterocycles. The first-order valence-electron chi connectivity index (χ1n) is 6.27. The van der Waals surface area contributed by atoms with E-state index in [0.29, 0.717) is 0 Å². The zero-order chi connectivity index (χ0) is 12.3. The van der Waals surface area contributed by atoms with Crippen molar-refractivity contribution in [2.45, 2.75) is 65.8 Å². The van der Waals surface area contributed by atoms with Crippen LogP contribution in [0.25, 0.3) is 0 Å². The summed E-state index contributed by atoms with van der Waals surface area (Å²) in [6, 6.07) is 0. The molecule has 0 saturated carbocycles. The van der Waals surface area contributed by atoms with Crippen molar-refractivity contribution in [2.24, 2.45) is 0 Å². The number of rotatable bonds is 4. The standard InChI is InChI=1S/C13H25N3/c1-6-8-10-15-11(13(3,4)5)12(14)16(10)9-7-2/h6-9,14H2,1-5H3. The molecule has 0 aliphatic carbocycles. The Hall–Kier alpha value is -0.990. The Labute approximate surface area is 99.1 Å². The Morgan fingerprint density at radius 1 is 1.19 bits per heavy atom. The molecule has 0 saturated heterocycles. The Balaban J connectivity index is 3.18. The number of nitrogen functional groups attached to an aromatic ring is 1. The molecule has 0 aliphatic rings. The number of nitrogens with two attached hydrogens (primary N) is 1. The van der Waals surface area contributed by atoms with Crippen LogP contribution in [0.1, 0.15) is 59.0 Å². The first kappa shape index (κ1) is 13.1. The fourth-order valence-corrected chi connectivity index (χ4v) is 1.95. The molecular weight excluding hydrogens is 198 g/mol. The van der Waals surface area contributed by atoms with Gasteiger partial charge in [-0.2, -0.15) is 0 Å². The van der Waals surface area contributed by atoms with Gasteiger partial charge in [-0.3, -0.25) is 0 Å². The molecule has 0 amide bonds. The molecular formula is C13H25N3. The molecule has 0 spiro atoms. The summed E-state index contributed by atoms with van der Waals surface area (Å²) in [7, 11) is 0. The molecule has 3 heteroatoms. The highest BCUT2D eigenvalue weighted by molar-refractivity contribution is 5.42. The Morgan fingerprint density at radius 2 is 1.81 bits per heavy atom. The Morgan fingerprint density at radius 3 is 2.25 bits per heavy atom. The van der Waals surface area contributed by atoms with Gasteiger partial charge < -0.3 is 10.3 Å². The average Bonchev–Trinajstić information content (AvgIpc) is 2.46. The van der Waals surface area contributed by atoms with Crippen LogP contribution in [0.4, 0.5) is 5.82 Å². The van der Waals surface area contributed by atoms with Gasteiger partial charge in [0.2, 0.25) is 0 Å². The molecule has 92 valence electrons. The summed E-state index contributed by atoms with van der Waals surface area (Å²) >= 11 is 0. The molecule has 0 bridgehead atoms. The summed E-state index contributed by atoms with van der Waals surface area (Å²) in [4.78, 5) is 4.73. The first-order chi connectivity index (χ1) is 7.41. The lowest BCUT2D eigenvalue weighted by atomic mass is 9.92. The summed E-state index contributed by atoms with van der Waals surface area (Å²) in [5, 5.41) is 0. The van der Waals surface area contributed by atoms with E-state index in [0.717, 1.165) is 43.1 Å². The van der Waals surface area contributed by atoms with Crippen molar-refractivity contribution in [3.8, 4) is 0 Å². The van der Waals surface area contributed by atoms with Gasteiger partial charge in [0, 0.05) is 18.4 Å². The molecule has 0 atom stereocenters. The lowest BCUT2D eigenvalue weighted by Crippen LogP contribution is -2.15. The second-order valence-electron chi connectivity index (χ2n) is 5.41. The van der Waals surface area contributed by atoms with Gasteiger partial charge in [-0.25, -0.2) is 4.98 Å². The lowest BCUT2D eigenvalue weighted by Gasteiger charge is -2.16. The number of hydrogen-bond donors (Lipinski definition) is 1. The summed E-state index contributed by atoms with van der Waals surface area (Å²) in [6.07, 6.45) is 3.23. The van der Waals surface area contributed by atoms with Gasteiger partial charge in [0.25, 0.3) is 0 Å². The highest BCUT2D eigenvalue weighted by Crippen LogP contribution is 2.28. The number of nitrogens with zero attached hydrogens (tertiary/aromatic N) is 2. The number of anilines is 1. The highest BCUT2D eigenvalue weighted by atomic mass is 15.1. The maximum absolute atomic E-state index is 6.21. The second kappa shape index (κ2) is 4.89. The van der Waals surface area contributed by atoms with Crippen molar-refractivity contribution in [1.29, 1.82) is 0 Å². The van der Waals surface area contributed by atoms with Gasteiger partial charge in [-0.15, -0.1) is 0 Å². The van der Waals surface area contributed by atoms with Crippen molar-refractivity contribution >= 4 is 5.82 Å². The third kappa shape index (κ3) is 2.57. The van der Waals surface area contributed by atoms with E-state index in [-0.39, 0.29) is 5.41 Å². The lowest BCUT2D eigenvalue weighted by molar-refractivity contribution is 0.572. The van der Waals surface area contributed by atoms with E-state index in [9.17, 15) is 0 Å². The van der Waals surface area contributed by atoms with E-state index in [1.54, 1.807) is 0 Å². The minimum Gasteiger partial charge on any atom is -0.384 e. The van der Waals surface area contributed by atoms with Crippen molar-refractivity contribution in [1.82, 2.24) is 9.55 Å². The summed E-state index contributed by atoms with van der Waals surface area (Å²) in [5.74, 6) is 2.00. The molecule has 1 aromatic heterocycles. The van der Waals surface area contributed by atoms with E-state index in [1.807, 2.05) is 0 Å². The van der Waals surface area contributed by atoms with E-state index in [1.165, 1.54) is 0 Å². The van der Waals surface area contributed by atoms with Crippen LogP contribution in [-0.2, 0) is 18.4 Å². The molecule has 1 rings (SSSR count). The third-order valence-corrected chi connectivity index (χ3v) is 2.72. The third-order valence-electron chi connectivity index (χ3n) is 2.72. The van der Waals surface area contributed by atoms with Crippen LogP contribution in [0.3, 0.4) is 0 Å². The Kier molecular flexibility index (Phi) is 4.00. The van der Waals surface area contributed by atoms with Crippen molar-refractivity contribution in [2.75, 3.05) is 5.73 Å². The van der Waals surface area contributed by atoms with Crippen LogP contribution in [0.15, 0.2) is 0 Å². The van der Waals surface area contributed by atoms with Crippen molar-refractivity contribution < 1.29 is 0 Å². The Bertz CT molecular complexity index is 345. The summed E-state index contributed by atoms with van der Waals surface area (Å²) in [5.41, 5.74) is 7.29. The summed E-state index contributed by atoms with van der Waals surface area (Å²) in [6.45, 7) is 11.8. The molecule has 1 aromatic rings. The fraction of sp³-hybridized carbons (Fsp3) is 0.769. The van der Waals surface area contributed by atoms with Crippen LogP contribution in [0.2, 0.25) is 0 Å². The van der Waals surface area contributed by atoms with Gasteiger partial charge in [0.05, 0.1) is 5.69 Å². The molecule has 0 unspecified atom stereocenters. The van der Waals surface area contributed by atoms with Crippen LogP contribution in [0.5, 0.6) is 0 Å². The monoisotopic (exact) mass is 223 g/mol. The fourth-order valence-electron chi connectivity index (χ4n) is 1.95. The zero-order valence-corrected chi connectivity index (χ0v) is 11.3. The van der Waals surface area contributed by atoms with Gasteiger partial charge in [0.1, 0.15) is 11.6 Å². The molecule has 0 aliphatic heterocycles. The molecule has 3 nitrogen and oxygen atoms in total. The smallest absolute Gasteiger partial charge is 0.127 e. The maximum Gasteiger partial charge on any atom is 0.127 e. The average molecular weight is 223 g/mol. The van der Waals surface area contributed by atoms with E-state index >= 15 is 0 Å². The second-order valence-corrected chi connectivity index (χ2v) is 5.41. The van der Waals surface area contributed by atoms with Crippen LogP contribution in [-0.4, -0.2) is 9.55 Å². The van der Waals surface area contributed by atoms with Crippen LogP contribution < -0.4 is 5.73 Å². The zero-order valence-electron chi connectivity index (χ0n) is 11.3. The number of aryl methyl sites for hydroxylation is 1. The predicted molar refractivity (Wildman–Crippen MR) is 69.6 cm³/mol. The van der Waals surface area contributed by atoms with E-state index in [2.05, 4.69) is 39.2 Å². The van der Waals surface area contributed by atoms with E-state index in [4.69, 9.17) is 10.7 Å². The summed E-state index contributed by atoms with van der Waals surface area (Å²) < 4.78 is 2.18. The number of aromatic nitrogens is 2. The van der Waals surface area contributed by atoms with Gasteiger partial charge in [-0.05, 0) is 12.8 Å². The van der Waals surface area contributed by atoms with Crippen LogP contribution in [0, 0.1) is 0 Å². The van der Waals surface area contributed by atoms with Gasteiger partial charge in [-0.1, -0.05) is 34.6 Å². The van der Waals surface area contributed by atoms with Crippen LogP contribution >= 0.6 is 0 Å². The van der Waals surface area contributed by atoms with Gasteiger partial charge in [0.15, 0.2) is 0 Å². The minimum atomic E-state index is 0.0333.